The largest absolute Gasteiger partial charge is 0.342 e. The number of benzene rings is 1. The second-order valence-electron chi connectivity index (χ2n) is 3.63. The zero-order valence-corrected chi connectivity index (χ0v) is 8.59. The smallest absolute Gasteiger partial charge is 0.111 e. The molecule has 0 aliphatic carbocycles. The number of fused-ring (bicyclic) bond motifs is 1. The van der Waals surface area contributed by atoms with Crippen LogP contribution >= 0.6 is 0 Å². The molecule has 14 heavy (non-hydrogen) atoms. The molecule has 1 N–H and O–H groups in total. The van der Waals surface area contributed by atoms with E-state index in [1.807, 2.05) is 6.08 Å². The van der Waals surface area contributed by atoms with Crippen LogP contribution in [0.15, 0.2) is 24.8 Å². The molecule has 2 nitrogen and oxygen atoms in total. The number of hydrogen-bond acceptors (Lipinski definition) is 1. The maximum absolute atomic E-state index is 4.48. The molecule has 1 aromatic carbocycles. The summed E-state index contributed by atoms with van der Waals surface area (Å²) in [5.74, 6) is 0.986. The van der Waals surface area contributed by atoms with Gasteiger partial charge in [-0.05, 0) is 37.1 Å². The van der Waals surface area contributed by atoms with Crippen LogP contribution in [0.4, 0.5) is 0 Å². The first-order chi connectivity index (χ1) is 6.70. The van der Waals surface area contributed by atoms with Crippen molar-refractivity contribution in [3.63, 3.8) is 0 Å². The number of aryl methyl sites for hydroxylation is 2. The number of H-pyrrole nitrogens is 1. The van der Waals surface area contributed by atoms with Crippen molar-refractivity contribution in [1.29, 1.82) is 0 Å². The normalized spacial score (nSPS) is 10.7. The van der Waals surface area contributed by atoms with Gasteiger partial charge in [-0.1, -0.05) is 6.08 Å². The second-order valence-corrected chi connectivity index (χ2v) is 3.63. The molecule has 0 atom stereocenters. The molecule has 72 valence electrons. The molecular weight excluding hydrogens is 172 g/mol. The van der Waals surface area contributed by atoms with Crippen LogP contribution in [0.25, 0.3) is 11.0 Å². The fourth-order valence-electron chi connectivity index (χ4n) is 1.56. The fourth-order valence-corrected chi connectivity index (χ4v) is 1.56. The van der Waals surface area contributed by atoms with Gasteiger partial charge in [-0.25, -0.2) is 4.98 Å². The van der Waals surface area contributed by atoms with E-state index in [1.165, 1.54) is 11.1 Å². The van der Waals surface area contributed by atoms with Gasteiger partial charge in [0.05, 0.1) is 11.0 Å². The SMILES string of the molecule is C=CCc1nc2cc(C)c(C)cc2[nH]1. The van der Waals surface area contributed by atoms with Crippen LogP contribution in [0.1, 0.15) is 17.0 Å². The Bertz CT molecular complexity index is 441. The Labute approximate surface area is 83.7 Å². The maximum atomic E-state index is 4.48. The summed E-state index contributed by atoms with van der Waals surface area (Å²) in [6.07, 6.45) is 2.66. The average Bonchev–Trinajstić information content (AvgIpc) is 2.48. The zero-order chi connectivity index (χ0) is 10.1. The van der Waals surface area contributed by atoms with Gasteiger partial charge < -0.3 is 4.98 Å². The van der Waals surface area contributed by atoms with E-state index < -0.39 is 0 Å². The van der Waals surface area contributed by atoms with E-state index in [2.05, 4.69) is 42.5 Å². The van der Waals surface area contributed by atoms with Gasteiger partial charge in [0.25, 0.3) is 0 Å². The van der Waals surface area contributed by atoms with Crippen molar-refractivity contribution < 1.29 is 0 Å². The standard InChI is InChI=1S/C12H14N2/c1-4-5-12-13-10-6-8(2)9(3)7-11(10)14-12/h4,6-7H,1,5H2,2-3H3,(H,13,14). The molecule has 0 radical (unpaired) electrons. The average molecular weight is 186 g/mol. The van der Waals surface area contributed by atoms with Gasteiger partial charge in [-0.15, -0.1) is 6.58 Å². The molecule has 1 aromatic heterocycles. The molecule has 0 spiro atoms. The lowest BCUT2D eigenvalue weighted by molar-refractivity contribution is 1.07. The van der Waals surface area contributed by atoms with E-state index in [0.29, 0.717) is 0 Å². The summed E-state index contributed by atoms with van der Waals surface area (Å²) in [6, 6.07) is 4.26. The second kappa shape index (κ2) is 3.29. The number of nitrogens with zero attached hydrogens (tertiary/aromatic N) is 1. The van der Waals surface area contributed by atoms with Crippen LogP contribution in [0.2, 0.25) is 0 Å². The van der Waals surface area contributed by atoms with E-state index in [9.17, 15) is 0 Å². The third-order valence-electron chi connectivity index (χ3n) is 2.48. The number of imidazole rings is 1. The highest BCUT2D eigenvalue weighted by Crippen LogP contribution is 2.17. The summed E-state index contributed by atoms with van der Waals surface area (Å²) >= 11 is 0. The number of aromatic nitrogens is 2. The molecule has 0 unspecified atom stereocenters. The van der Waals surface area contributed by atoms with Crippen LogP contribution in [0.5, 0.6) is 0 Å². The van der Waals surface area contributed by atoms with Crippen LogP contribution in [0.3, 0.4) is 0 Å². The molecule has 2 rings (SSSR count). The molecule has 1 heterocycles. The minimum absolute atomic E-state index is 0.798. The van der Waals surface area contributed by atoms with Crippen LogP contribution < -0.4 is 0 Å². The highest BCUT2D eigenvalue weighted by Gasteiger charge is 2.02. The lowest BCUT2D eigenvalue weighted by Crippen LogP contribution is -1.81. The molecule has 0 fully saturated rings. The van der Waals surface area contributed by atoms with Crippen LogP contribution in [-0.2, 0) is 6.42 Å². The van der Waals surface area contributed by atoms with Crippen molar-refractivity contribution in [1.82, 2.24) is 9.97 Å². The lowest BCUT2D eigenvalue weighted by atomic mass is 10.1. The molecule has 2 heteroatoms. The number of nitrogens with one attached hydrogen (secondary N) is 1. The lowest BCUT2D eigenvalue weighted by Gasteiger charge is -1.97. The fraction of sp³-hybridized carbons (Fsp3) is 0.250. The maximum Gasteiger partial charge on any atom is 0.111 e. The molecule has 0 aliphatic rings. The van der Waals surface area contributed by atoms with Crippen LogP contribution in [-0.4, -0.2) is 9.97 Å². The van der Waals surface area contributed by atoms with E-state index in [0.717, 1.165) is 23.3 Å². The Morgan fingerprint density at radius 2 is 2.07 bits per heavy atom. The van der Waals surface area contributed by atoms with Gasteiger partial charge in [-0.2, -0.15) is 0 Å². The predicted molar refractivity (Wildman–Crippen MR) is 59.5 cm³/mol. The minimum Gasteiger partial charge on any atom is -0.342 e. The highest BCUT2D eigenvalue weighted by molar-refractivity contribution is 5.77. The van der Waals surface area contributed by atoms with E-state index >= 15 is 0 Å². The Morgan fingerprint density at radius 1 is 1.36 bits per heavy atom. The third-order valence-corrected chi connectivity index (χ3v) is 2.48. The monoisotopic (exact) mass is 186 g/mol. The summed E-state index contributed by atoms with van der Waals surface area (Å²) in [5.41, 5.74) is 4.75. The first kappa shape index (κ1) is 9.00. The van der Waals surface area contributed by atoms with Crippen molar-refractivity contribution >= 4 is 11.0 Å². The molecule has 0 saturated heterocycles. The first-order valence-corrected chi connectivity index (χ1v) is 4.77. The van der Waals surface area contributed by atoms with Gasteiger partial charge in [0.2, 0.25) is 0 Å². The Morgan fingerprint density at radius 3 is 2.79 bits per heavy atom. The minimum atomic E-state index is 0.798. The molecule has 0 saturated carbocycles. The van der Waals surface area contributed by atoms with Gasteiger partial charge in [-0.3, -0.25) is 0 Å². The van der Waals surface area contributed by atoms with E-state index in [1.54, 1.807) is 0 Å². The molecule has 2 aromatic rings. The summed E-state index contributed by atoms with van der Waals surface area (Å²) in [5, 5.41) is 0. The quantitative estimate of drug-likeness (QED) is 0.718. The summed E-state index contributed by atoms with van der Waals surface area (Å²) < 4.78 is 0. The number of aromatic amines is 1. The molecule has 0 aliphatic heterocycles. The summed E-state index contributed by atoms with van der Waals surface area (Å²) in [4.78, 5) is 7.76. The van der Waals surface area contributed by atoms with Gasteiger partial charge in [0.1, 0.15) is 5.82 Å². The predicted octanol–water partition coefficient (Wildman–Crippen LogP) is 2.91. The van der Waals surface area contributed by atoms with E-state index in [4.69, 9.17) is 0 Å². The van der Waals surface area contributed by atoms with Crippen molar-refractivity contribution in [2.45, 2.75) is 20.3 Å². The van der Waals surface area contributed by atoms with Gasteiger partial charge in [0, 0.05) is 6.42 Å². The van der Waals surface area contributed by atoms with Crippen LogP contribution in [0, 0.1) is 13.8 Å². The third kappa shape index (κ3) is 1.43. The topological polar surface area (TPSA) is 28.7 Å². The number of hydrogen-bond donors (Lipinski definition) is 1. The van der Waals surface area contributed by atoms with Crippen molar-refractivity contribution in [3.05, 3.63) is 41.7 Å². The Hall–Kier alpha value is -1.57. The van der Waals surface area contributed by atoms with Crippen molar-refractivity contribution in [2.75, 3.05) is 0 Å². The molecule has 0 bridgehead atoms. The van der Waals surface area contributed by atoms with Crippen molar-refractivity contribution in [2.24, 2.45) is 0 Å². The number of allylic oxidation sites excluding steroid dienone is 1. The summed E-state index contributed by atoms with van der Waals surface area (Å²) in [7, 11) is 0. The first-order valence-electron chi connectivity index (χ1n) is 4.77. The van der Waals surface area contributed by atoms with E-state index in [-0.39, 0.29) is 0 Å². The highest BCUT2D eigenvalue weighted by atomic mass is 14.9. The zero-order valence-electron chi connectivity index (χ0n) is 8.59. The molecular formula is C12H14N2. The van der Waals surface area contributed by atoms with Crippen molar-refractivity contribution in [3.8, 4) is 0 Å². The number of rotatable bonds is 2. The molecule has 0 amide bonds. The summed E-state index contributed by atoms with van der Waals surface area (Å²) in [6.45, 7) is 7.92. The van der Waals surface area contributed by atoms with Gasteiger partial charge in [0.15, 0.2) is 0 Å². The Kier molecular flexibility index (Phi) is 2.12. The van der Waals surface area contributed by atoms with Gasteiger partial charge >= 0.3 is 0 Å². The Balaban J connectivity index is 2.59.